The Morgan fingerprint density at radius 2 is 1.69 bits per heavy atom. The minimum atomic E-state index is 0.189. The largest absolute Gasteiger partial charge is 0.326 e. The first-order valence-electron chi connectivity index (χ1n) is 9.99. The standard InChI is InChI=1S/C22H27N3O/c1-15-6-7-25(24-15)20-4-2-19(3-5-20)23-21(26)14-22-11-16-8-17(12-22)10-18(9-16)13-22/h2-7,16-18H,8-14H2,1H3,(H,23,26). The Balaban J connectivity index is 1.24. The normalized spacial score (nSPS) is 32.0. The van der Waals surface area contributed by atoms with Crippen molar-refractivity contribution in [2.24, 2.45) is 23.2 Å². The maximum absolute atomic E-state index is 12.7. The van der Waals surface area contributed by atoms with Gasteiger partial charge in [0.15, 0.2) is 0 Å². The summed E-state index contributed by atoms with van der Waals surface area (Å²) < 4.78 is 1.86. The van der Waals surface area contributed by atoms with Crippen molar-refractivity contribution in [1.29, 1.82) is 0 Å². The van der Waals surface area contributed by atoms with E-state index in [9.17, 15) is 4.79 Å². The van der Waals surface area contributed by atoms with Crippen LogP contribution in [0.3, 0.4) is 0 Å². The predicted octanol–water partition coefficient (Wildman–Crippen LogP) is 4.73. The lowest BCUT2D eigenvalue weighted by atomic mass is 9.49. The Labute approximate surface area is 155 Å². The molecule has 4 heteroatoms. The first-order chi connectivity index (χ1) is 12.6. The molecule has 136 valence electrons. The lowest BCUT2D eigenvalue weighted by molar-refractivity contribution is -0.124. The number of aryl methyl sites for hydroxylation is 1. The quantitative estimate of drug-likeness (QED) is 0.868. The molecule has 26 heavy (non-hydrogen) atoms. The van der Waals surface area contributed by atoms with Crippen LogP contribution in [0, 0.1) is 30.1 Å². The third-order valence-corrected chi connectivity index (χ3v) is 6.84. The molecule has 0 atom stereocenters. The van der Waals surface area contributed by atoms with Gasteiger partial charge in [-0.2, -0.15) is 5.10 Å². The lowest BCUT2D eigenvalue weighted by Crippen LogP contribution is -2.47. The molecule has 4 saturated carbocycles. The summed E-state index contributed by atoms with van der Waals surface area (Å²) in [6.07, 6.45) is 10.8. The van der Waals surface area contributed by atoms with Gasteiger partial charge in [0, 0.05) is 18.3 Å². The van der Waals surface area contributed by atoms with Crippen LogP contribution >= 0.6 is 0 Å². The second kappa shape index (κ2) is 5.97. The van der Waals surface area contributed by atoms with Crippen molar-refractivity contribution in [3.63, 3.8) is 0 Å². The van der Waals surface area contributed by atoms with Crippen LogP contribution in [0.15, 0.2) is 36.5 Å². The fourth-order valence-corrected chi connectivity index (χ4v) is 6.31. The third kappa shape index (κ3) is 2.95. The number of nitrogens with one attached hydrogen (secondary N) is 1. The number of carbonyl (C=O) groups is 1. The van der Waals surface area contributed by atoms with Gasteiger partial charge in [0.2, 0.25) is 5.91 Å². The van der Waals surface area contributed by atoms with Gasteiger partial charge in [-0.15, -0.1) is 0 Å². The average molecular weight is 349 g/mol. The number of anilines is 1. The van der Waals surface area contributed by atoms with Gasteiger partial charge in [0.1, 0.15) is 0 Å². The van der Waals surface area contributed by atoms with Gasteiger partial charge >= 0.3 is 0 Å². The predicted molar refractivity (Wildman–Crippen MR) is 102 cm³/mol. The van der Waals surface area contributed by atoms with E-state index in [1.807, 2.05) is 48.1 Å². The summed E-state index contributed by atoms with van der Waals surface area (Å²) in [5.74, 6) is 2.87. The van der Waals surface area contributed by atoms with E-state index in [0.29, 0.717) is 11.8 Å². The first-order valence-corrected chi connectivity index (χ1v) is 9.99. The summed E-state index contributed by atoms with van der Waals surface area (Å²) in [5.41, 5.74) is 3.19. The lowest BCUT2D eigenvalue weighted by Gasteiger charge is -2.56. The van der Waals surface area contributed by atoms with Crippen LogP contribution in [-0.4, -0.2) is 15.7 Å². The Bertz CT molecular complexity index is 785. The zero-order valence-electron chi connectivity index (χ0n) is 15.4. The number of rotatable bonds is 4. The van der Waals surface area contributed by atoms with Gasteiger partial charge in [-0.25, -0.2) is 4.68 Å². The van der Waals surface area contributed by atoms with Crippen molar-refractivity contribution in [1.82, 2.24) is 9.78 Å². The monoisotopic (exact) mass is 349 g/mol. The summed E-state index contributed by atoms with van der Waals surface area (Å²) in [5, 5.41) is 7.56. The molecule has 1 N–H and O–H groups in total. The molecule has 1 aromatic carbocycles. The third-order valence-electron chi connectivity index (χ3n) is 6.84. The summed E-state index contributed by atoms with van der Waals surface area (Å²) in [6.45, 7) is 1.98. The number of aromatic nitrogens is 2. The van der Waals surface area contributed by atoms with Gasteiger partial charge in [-0.05, 0) is 98.9 Å². The van der Waals surface area contributed by atoms with Crippen molar-refractivity contribution < 1.29 is 4.79 Å². The van der Waals surface area contributed by atoms with E-state index in [2.05, 4.69) is 10.4 Å². The van der Waals surface area contributed by atoms with E-state index in [1.165, 1.54) is 38.5 Å². The fraction of sp³-hybridized carbons (Fsp3) is 0.545. The molecule has 0 unspecified atom stereocenters. The van der Waals surface area contributed by atoms with Crippen molar-refractivity contribution in [3.8, 4) is 5.69 Å². The zero-order valence-corrected chi connectivity index (χ0v) is 15.4. The molecule has 1 aromatic heterocycles. The first kappa shape index (κ1) is 16.1. The average Bonchev–Trinajstić information content (AvgIpc) is 3.00. The van der Waals surface area contributed by atoms with Crippen LogP contribution in [0.5, 0.6) is 0 Å². The van der Waals surface area contributed by atoms with Crippen LogP contribution in [0.25, 0.3) is 5.69 Å². The number of amides is 1. The van der Waals surface area contributed by atoms with Gasteiger partial charge in [0.05, 0.1) is 11.4 Å². The number of nitrogens with zero attached hydrogens (tertiary/aromatic N) is 2. The van der Waals surface area contributed by atoms with Gasteiger partial charge in [0.25, 0.3) is 0 Å². The van der Waals surface area contributed by atoms with Gasteiger partial charge in [-0.1, -0.05) is 0 Å². The Hall–Kier alpha value is -2.10. The van der Waals surface area contributed by atoms with Crippen LogP contribution in [0.4, 0.5) is 5.69 Å². The molecule has 0 aliphatic heterocycles. The van der Waals surface area contributed by atoms with Crippen molar-refractivity contribution in [2.75, 3.05) is 5.32 Å². The Kier molecular flexibility index (Phi) is 3.70. The topological polar surface area (TPSA) is 46.9 Å². The highest BCUT2D eigenvalue weighted by Gasteiger charge is 2.51. The van der Waals surface area contributed by atoms with Gasteiger partial charge < -0.3 is 5.32 Å². The molecule has 1 amide bonds. The van der Waals surface area contributed by atoms with Crippen LogP contribution in [-0.2, 0) is 4.79 Å². The molecule has 6 rings (SSSR count). The zero-order chi connectivity index (χ0) is 17.7. The molecule has 4 bridgehead atoms. The molecule has 4 fully saturated rings. The van der Waals surface area contributed by atoms with E-state index >= 15 is 0 Å². The maximum atomic E-state index is 12.7. The highest BCUT2D eigenvalue weighted by atomic mass is 16.1. The molecule has 0 saturated heterocycles. The van der Waals surface area contributed by atoms with Crippen LogP contribution in [0.1, 0.15) is 50.6 Å². The molecule has 4 aliphatic carbocycles. The summed E-state index contributed by atoms with van der Waals surface area (Å²) in [4.78, 5) is 12.7. The number of benzene rings is 1. The second-order valence-corrected chi connectivity index (χ2v) is 9.09. The van der Waals surface area contributed by atoms with E-state index < -0.39 is 0 Å². The van der Waals surface area contributed by atoms with Crippen LogP contribution < -0.4 is 5.32 Å². The minimum absolute atomic E-state index is 0.189. The van der Waals surface area contributed by atoms with Crippen molar-refractivity contribution in [3.05, 3.63) is 42.2 Å². The SMILES string of the molecule is Cc1ccn(-c2ccc(NC(=O)CC34CC5CC(CC(C5)C3)C4)cc2)n1. The second-order valence-electron chi connectivity index (χ2n) is 9.09. The maximum Gasteiger partial charge on any atom is 0.224 e. The molecule has 0 radical (unpaired) electrons. The molecule has 0 spiro atoms. The van der Waals surface area contributed by atoms with E-state index in [1.54, 1.807) is 0 Å². The molecule has 1 heterocycles. The van der Waals surface area contributed by atoms with Crippen molar-refractivity contribution in [2.45, 2.75) is 51.9 Å². The highest BCUT2D eigenvalue weighted by molar-refractivity contribution is 5.91. The number of hydrogen-bond acceptors (Lipinski definition) is 2. The van der Waals surface area contributed by atoms with E-state index in [0.717, 1.165) is 34.8 Å². The Morgan fingerprint density at radius 1 is 1.08 bits per heavy atom. The summed E-state index contributed by atoms with van der Waals surface area (Å²) >= 11 is 0. The van der Waals surface area contributed by atoms with E-state index in [-0.39, 0.29) is 5.91 Å². The molecular weight excluding hydrogens is 322 g/mol. The minimum Gasteiger partial charge on any atom is -0.326 e. The van der Waals surface area contributed by atoms with E-state index in [4.69, 9.17) is 0 Å². The molecular formula is C22H27N3O. The molecule has 2 aromatic rings. The fourth-order valence-electron chi connectivity index (χ4n) is 6.31. The van der Waals surface area contributed by atoms with Crippen molar-refractivity contribution >= 4 is 11.6 Å². The smallest absolute Gasteiger partial charge is 0.224 e. The summed E-state index contributed by atoms with van der Waals surface area (Å²) in [6, 6.07) is 9.95. The van der Waals surface area contributed by atoms with Gasteiger partial charge in [-0.3, -0.25) is 4.79 Å². The number of hydrogen-bond donors (Lipinski definition) is 1. The molecule has 4 aliphatic rings. The van der Waals surface area contributed by atoms with Crippen LogP contribution in [0.2, 0.25) is 0 Å². The highest BCUT2D eigenvalue weighted by Crippen LogP contribution is 2.61. The molecule has 4 nitrogen and oxygen atoms in total. The summed E-state index contributed by atoms with van der Waals surface area (Å²) in [7, 11) is 0. The Morgan fingerprint density at radius 3 is 2.23 bits per heavy atom. The number of carbonyl (C=O) groups excluding carboxylic acids is 1.